The summed E-state index contributed by atoms with van der Waals surface area (Å²) in [5.41, 5.74) is 1.85. The fourth-order valence-electron chi connectivity index (χ4n) is 1.70. The molecule has 0 spiro atoms. The van der Waals surface area contributed by atoms with Crippen LogP contribution >= 0.6 is 11.6 Å². The van der Waals surface area contributed by atoms with Gasteiger partial charge in [-0.15, -0.1) is 5.10 Å². The van der Waals surface area contributed by atoms with E-state index in [1.54, 1.807) is 24.2 Å². The number of methoxy groups -OCH3 is 1. The van der Waals surface area contributed by atoms with Gasteiger partial charge < -0.3 is 4.74 Å². The molecule has 0 N–H and O–H groups in total. The Labute approximate surface area is 105 Å². The summed E-state index contributed by atoms with van der Waals surface area (Å²) >= 11 is 6.25. The van der Waals surface area contributed by atoms with E-state index in [-0.39, 0.29) is 0 Å². The molecule has 17 heavy (non-hydrogen) atoms. The zero-order valence-electron chi connectivity index (χ0n) is 10.0. The van der Waals surface area contributed by atoms with Gasteiger partial charge in [-0.3, -0.25) is 0 Å². The lowest BCUT2D eigenvalue weighted by atomic mass is 10.0. The molecule has 0 bridgehead atoms. The Morgan fingerprint density at radius 2 is 2.12 bits per heavy atom. The summed E-state index contributed by atoms with van der Waals surface area (Å²) < 4.78 is 7.00. The highest BCUT2D eigenvalue weighted by Crippen LogP contribution is 2.33. The number of benzene rings is 1. The van der Waals surface area contributed by atoms with Crippen molar-refractivity contribution in [2.24, 2.45) is 0 Å². The Morgan fingerprint density at radius 3 is 2.65 bits per heavy atom. The Kier molecular flexibility index (Phi) is 3.33. The summed E-state index contributed by atoms with van der Waals surface area (Å²) in [7, 11) is 1.65. The van der Waals surface area contributed by atoms with Gasteiger partial charge in [-0.25, -0.2) is 4.68 Å². The molecule has 0 unspecified atom stereocenters. The highest BCUT2D eigenvalue weighted by atomic mass is 35.5. The monoisotopic (exact) mass is 251 g/mol. The Bertz CT molecular complexity index is 509. The van der Waals surface area contributed by atoms with E-state index >= 15 is 0 Å². The molecule has 5 heteroatoms. The fraction of sp³-hybridized carbons (Fsp3) is 0.333. The lowest BCUT2D eigenvalue weighted by molar-refractivity contribution is 0.407. The first-order chi connectivity index (χ1) is 8.13. The lowest BCUT2D eigenvalue weighted by Gasteiger charge is -2.14. The van der Waals surface area contributed by atoms with Crippen LogP contribution in [0.3, 0.4) is 0 Å². The van der Waals surface area contributed by atoms with Crippen molar-refractivity contribution in [3.8, 4) is 11.4 Å². The topological polar surface area (TPSA) is 39.9 Å². The number of hydrogen-bond acceptors (Lipinski definition) is 3. The van der Waals surface area contributed by atoms with Crippen molar-refractivity contribution in [3.63, 3.8) is 0 Å². The second-order valence-corrected chi connectivity index (χ2v) is 4.46. The number of aromatic nitrogens is 3. The van der Waals surface area contributed by atoms with Crippen LogP contribution in [0, 0.1) is 0 Å². The molecule has 1 heterocycles. The molecule has 1 aromatic carbocycles. The van der Waals surface area contributed by atoms with E-state index < -0.39 is 0 Å². The molecule has 0 saturated heterocycles. The second kappa shape index (κ2) is 4.75. The zero-order chi connectivity index (χ0) is 12.4. The van der Waals surface area contributed by atoms with Crippen LogP contribution in [-0.2, 0) is 0 Å². The van der Waals surface area contributed by atoms with Gasteiger partial charge in [-0.2, -0.15) is 0 Å². The van der Waals surface area contributed by atoms with Gasteiger partial charge in [0, 0.05) is 6.07 Å². The molecule has 1 aromatic heterocycles. The maximum atomic E-state index is 6.25. The molecular formula is C12H14ClN3O. The van der Waals surface area contributed by atoms with Gasteiger partial charge in [0.15, 0.2) is 0 Å². The van der Waals surface area contributed by atoms with Crippen molar-refractivity contribution in [1.82, 2.24) is 15.0 Å². The minimum absolute atomic E-state index is 0.354. The molecule has 4 nitrogen and oxygen atoms in total. The van der Waals surface area contributed by atoms with E-state index in [4.69, 9.17) is 16.3 Å². The van der Waals surface area contributed by atoms with E-state index in [1.807, 2.05) is 12.1 Å². The van der Waals surface area contributed by atoms with Crippen molar-refractivity contribution < 1.29 is 4.74 Å². The SMILES string of the molecule is COc1cc(-n2ccnn2)c(Cl)cc1C(C)C. The van der Waals surface area contributed by atoms with E-state index in [0.717, 1.165) is 17.0 Å². The third-order valence-electron chi connectivity index (χ3n) is 2.59. The third-order valence-corrected chi connectivity index (χ3v) is 2.89. The molecule has 2 aromatic rings. The van der Waals surface area contributed by atoms with Crippen LogP contribution in [0.4, 0.5) is 0 Å². The van der Waals surface area contributed by atoms with Crippen LogP contribution < -0.4 is 4.74 Å². The van der Waals surface area contributed by atoms with Gasteiger partial charge in [0.1, 0.15) is 5.75 Å². The van der Waals surface area contributed by atoms with Crippen molar-refractivity contribution in [3.05, 3.63) is 35.1 Å². The van der Waals surface area contributed by atoms with Crippen molar-refractivity contribution in [2.45, 2.75) is 19.8 Å². The van der Waals surface area contributed by atoms with E-state index in [9.17, 15) is 0 Å². The van der Waals surface area contributed by atoms with Crippen LogP contribution in [0.15, 0.2) is 24.5 Å². The maximum Gasteiger partial charge on any atom is 0.124 e. The summed E-state index contributed by atoms with van der Waals surface area (Å²) in [4.78, 5) is 0. The first-order valence-corrected chi connectivity index (χ1v) is 5.75. The molecule has 0 radical (unpaired) electrons. The summed E-state index contributed by atoms with van der Waals surface area (Å²) in [6.45, 7) is 4.20. The highest BCUT2D eigenvalue weighted by molar-refractivity contribution is 6.32. The number of halogens is 1. The van der Waals surface area contributed by atoms with Crippen LogP contribution in [0.5, 0.6) is 5.75 Å². The van der Waals surface area contributed by atoms with Crippen LogP contribution in [-0.4, -0.2) is 22.1 Å². The standard InChI is InChI=1S/C12H14ClN3O/c1-8(2)9-6-10(13)11(7-12(9)17-3)16-5-4-14-15-16/h4-8H,1-3H3. The first kappa shape index (κ1) is 11.9. The molecule has 0 aliphatic heterocycles. The zero-order valence-corrected chi connectivity index (χ0v) is 10.8. The number of hydrogen-bond donors (Lipinski definition) is 0. The van der Waals surface area contributed by atoms with Crippen molar-refractivity contribution in [1.29, 1.82) is 0 Å². The van der Waals surface area contributed by atoms with Crippen LogP contribution in [0.25, 0.3) is 5.69 Å². The lowest BCUT2D eigenvalue weighted by Crippen LogP contribution is -2.01. The van der Waals surface area contributed by atoms with Gasteiger partial charge in [0.2, 0.25) is 0 Å². The Balaban J connectivity index is 2.56. The first-order valence-electron chi connectivity index (χ1n) is 5.37. The normalized spacial score (nSPS) is 10.9. The number of rotatable bonds is 3. The number of ether oxygens (including phenoxy) is 1. The molecule has 0 aliphatic rings. The molecule has 90 valence electrons. The van der Waals surface area contributed by atoms with E-state index in [0.29, 0.717) is 10.9 Å². The molecule has 2 rings (SSSR count). The smallest absolute Gasteiger partial charge is 0.124 e. The van der Waals surface area contributed by atoms with Crippen LogP contribution in [0.2, 0.25) is 5.02 Å². The quantitative estimate of drug-likeness (QED) is 0.842. The summed E-state index contributed by atoms with van der Waals surface area (Å²) in [6, 6.07) is 3.80. The fourth-order valence-corrected chi connectivity index (χ4v) is 1.96. The van der Waals surface area contributed by atoms with Gasteiger partial charge in [0.05, 0.1) is 30.2 Å². The van der Waals surface area contributed by atoms with Crippen molar-refractivity contribution in [2.75, 3.05) is 7.11 Å². The molecule has 0 fully saturated rings. The highest BCUT2D eigenvalue weighted by Gasteiger charge is 2.13. The molecule has 0 atom stereocenters. The predicted octanol–water partition coefficient (Wildman–Crippen LogP) is 3.05. The van der Waals surface area contributed by atoms with E-state index in [1.165, 1.54) is 0 Å². The summed E-state index contributed by atoms with van der Waals surface area (Å²) in [6.07, 6.45) is 3.36. The molecule has 0 aliphatic carbocycles. The van der Waals surface area contributed by atoms with Gasteiger partial charge in [0.25, 0.3) is 0 Å². The van der Waals surface area contributed by atoms with Crippen molar-refractivity contribution >= 4 is 11.6 Å². The molecular weight excluding hydrogens is 238 g/mol. The van der Waals surface area contributed by atoms with E-state index in [2.05, 4.69) is 24.2 Å². The second-order valence-electron chi connectivity index (χ2n) is 4.05. The molecule has 0 amide bonds. The average Bonchev–Trinajstić information content (AvgIpc) is 2.82. The Morgan fingerprint density at radius 1 is 1.35 bits per heavy atom. The average molecular weight is 252 g/mol. The number of nitrogens with zero attached hydrogens (tertiary/aromatic N) is 3. The van der Waals surface area contributed by atoms with Gasteiger partial charge in [-0.05, 0) is 17.5 Å². The minimum Gasteiger partial charge on any atom is -0.496 e. The summed E-state index contributed by atoms with van der Waals surface area (Å²) in [5.74, 6) is 1.17. The Hall–Kier alpha value is -1.55. The third kappa shape index (κ3) is 2.26. The maximum absolute atomic E-state index is 6.25. The molecule has 0 saturated carbocycles. The van der Waals surface area contributed by atoms with Crippen LogP contribution in [0.1, 0.15) is 25.3 Å². The van der Waals surface area contributed by atoms with Gasteiger partial charge >= 0.3 is 0 Å². The minimum atomic E-state index is 0.354. The summed E-state index contributed by atoms with van der Waals surface area (Å²) in [5, 5.41) is 8.33. The predicted molar refractivity (Wildman–Crippen MR) is 67.0 cm³/mol. The largest absolute Gasteiger partial charge is 0.496 e. The van der Waals surface area contributed by atoms with Gasteiger partial charge in [-0.1, -0.05) is 30.7 Å².